The summed E-state index contributed by atoms with van der Waals surface area (Å²) in [6, 6.07) is 15.9. The van der Waals surface area contributed by atoms with Crippen molar-refractivity contribution >= 4 is 27.3 Å². The first-order chi connectivity index (χ1) is 14.3. The highest BCUT2D eigenvalue weighted by atomic mass is 32.2. The third-order valence-electron chi connectivity index (χ3n) is 5.89. The highest BCUT2D eigenvalue weighted by molar-refractivity contribution is 7.91. The van der Waals surface area contributed by atoms with Crippen LogP contribution in [0.15, 0.2) is 54.6 Å². The Morgan fingerprint density at radius 3 is 2.33 bits per heavy atom. The summed E-state index contributed by atoms with van der Waals surface area (Å²) in [7, 11) is -3.16. The number of carbonyl (C=O) groups is 2. The molecular formula is C22H25N3O4S. The van der Waals surface area contributed by atoms with Gasteiger partial charge in [0.05, 0.1) is 30.1 Å². The molecule has 0 saturated carbocycles. The predicted molar refractivity (Wildman–Crippen MR) is 115 cm³/mol. The van der Waals surface area contributed by atoms with Crippen molar-refractivity contribution in [2.45, 2.75) is 31.5 Å². The van der Waals surface area contributed by atoms with Crippen molar-refractivity contribution in [1.82, 2.24) is 4.90 Å². The molecule has 4 rings (SSSR count). The van der Waals surface area contributed by atoms with Gasteiger partial charge in [0, 0.05) is 12.2 Å². The largest absolute Gasteiger partial charge is 0.368 e. The molecule has 2 atom stereocenters. The van der Waals surface area contributed by atoms with Crippen LogP contribution in [0.4, 0.5) is 5.69 Å². The van der Waals surface area contributed by atoms with Crippen LogP contribution in [0.3, 0.4) is 0 Å². The van der Waals surface area contributed by atoms with Gasteiger partial charge in [-0.25, -0.2) is 8.42 Å². The number of rotatable bonds is 5. The van der Waals surface area contributed by atoms with E-state index in [1.807, 2.05) is 42.5 Å². The summed E-state index contributed by atoms with van der Waals surface area (Å²) in [4.78, 5) is 28.9. The van der Waals surface area contributed by atoms with Crippen molar-refractivity contribution in [1.29, 1.82) is 0 Å². The van der Waals surface area contributed by atoms with Gasteiger partial charge in [-0.05, 0) is 36.1 Å². The molecule has 0 aromatic heterocycles. The van der Waals surface area contributed by atoms with Crippen LogP contribution in [0, 0.1) is 0 Å². The minimum atomic E-state index is -3.16. The standard InChI is InChI=1S/C22H25N3O4S/c23-22(27)20-12-16-6-4-5-7-17(16)13-24(20)14-21(26)25(18-8-2-1-3-9-18)19-10-11-30(28,29)15-19/h1-9,19-20H,10-15H2,(H2,23,27)/t19-,20-/m0/s1. The topological polar surface area (TPSA) is 101 Å². The fourth-order valence-electron chi connectivity index (χ4n) is 4.40. The van der Waals surface area contributed by atoms with Crippen LogP contribution >= 0.6 is 0 Å². The van der Waals surface area contributed by atoms with Crippen LogP contribution < -0.4 is 10.6 Å². The first-order valence-electron chi connectivity index (χ1n) is 10.0. The Morgan fingerprint density at radius 2 is 1.70 bits per heavy atom. The number of hydrogen-bond acceptors (Lipinski definition) is 5. The lowest BCUT2D eigenvalue weighted by Crippen LogP contribution is -2.53. The Kier molecular flexibility index (Phi) is 5.62. The van der Waals surface area contributed by atoms with E-state index in [1.165, 1.54) is 0 Å². The number of nitrogens with zero attached hydrogens (tertiary/aromatic N) is 2. The molecule has 1 saturated heterocycles. The maximum atomic E-state index is 13.4. The Labute approximate surface area is 176 Å². The summed E-state index contributed by atoms with van der Waals surface area (Å²) in [6.07, 6.45) is 0.868. The number of para-hydroxylation sites is 1. The third kappa shape index (κ3) is 4.24. The molecule has 1 fully saturated rings. The molecule has 158 valence electrons. The fourth-order valence-corrected chi connectivity index (χ4v) is 6.10. The van der Waals surface area contributed by atoms with E-state index < -0.39 is 27.8 Å². The molecule has 0 spiro atoms. The maximum absolute atomic E-state index is 13.4. The lowest BCUT2D eigenvalue weighted by Gasteiger charge is -2.37. The quantitative estimate of drug-likeness (QED) is 0.771. The first-order valence-corrected chi connectivity index (χ1v) is 11.8. The summed E-state index contributed by atoms with van der Waals surface area (Å²) >= 11 is 0. The van der Waals surface area contributed by atoms with Crippen LogP contribution in [0.5, 0.6) is 0 Å². The Morgan fingerprint density at radius 1 is 1.03 bits per heavy atom. The van der Waals surface area contributed by atoms with Crippen molar-refractivity contribution in [2.24, 2.45) is 5.73 Å². The molecule has 0 aliphatic carbocycles. The number of primary amides is 1. The van der Waals surface area contributed by atoms with E-state index in [4.69, 9.17) is 5.73 Å². The van der Waals surface area contributed by atoms with Gasteiger partial charge in [-0.15, -0.1) is 0 Å². The zero-order valence-electron chi connectivity index (χ0n) is 16.6. The number of amides is 2. The van der Waals surface area contributed by atoms with Crippen LogP contribution in [-0.2, 0) is 32.4 Å². The zero-order valence-corrected chi connectivity index (χ0v) is 17.4. The van der Waals surface area contributed by atoms with Crippen LogP contribution in [0.2, 0.25) is 0 Å². The van der Waals surface area contributed by atoms with Gasteiger partial charge in [-0.2, -0.15) is 0 Å². The van der Waals surface area contributed by atoms with E-state index in [9.17, 15) is 18.0 Å². The average molecular weight is 428 g/mol. The molecule has 7 nitrogen and oxygen atoms in total. The monoisotopic (exact) mass is 427 g/mol. The summed E-state index contributed by atoms with van der Waals surface area (Å²) in [6.45, 7) is 0.439. The number of carbonyl (C=O) groups excluding carboxylic acids is 2. The Balaban J connectivity index is 1.61. The second-order valence-corrected chi connectivity index (χ2v) is 10.2. The molecule has 2 N–H and O–H groups in total. The summed E-state index contributed by atoms with van der Waals surface area (Å²) in [5.41, 5.74) is 8.44. The Bertz CT molecular complexity index is 1060. The number of anilines is 1. The van der Waals surface area contributed by atoms with Gasteiger partial charge >= 0.3 is 0 Å². The molecule has 30 heavy (non-hydrogen) atoms. The van der Waals surface area contributed by atoms with Gasteiger partial charge in [-0.3, -0.25) is 14.5 Å². The van der Waals surface area contributed by atoms with E-state index >= 15 is 0 Å². The molecule has 0 radical (unpaired) electrons. The molecule has 2 aliphatic heterocycles. The number of nitrogens with two attached hydrogens (primary N) is 1. The number of hydrogen-bond donors (Lipinski definition) is 1. The van der Waals surface area contributed by atoms with Crippen LogP contribution in [0.25, 0.3) is 0 Å². The van der Waals surface area contributed by atoms with E-state index in [0.717, 1.165) is 11.1 Å². The van der Waals surface area contributed by atoms with Gasteiger partial charge in [0.2, 0.25) is 11.8 Å². The summed E-state index contributed by atoms with van der Waals surface area (Å²) in [5, 5.41) is 0. The molecule has 0 bridgehead atoms. The van der Waals surface area contributed by atoms with Gasteiger partial charge in [-0.1, -0.05) is 42.5 Å². The summed E-state index contributed by atoms with van der Waals surface area (Å²) < 4.78 is 24.1. The minimum absolute atomic E-state index is 0.00656. The second-order valence-electron chi connectivity index (χ2n) is 7.95. The van der Waals surface area contributed by atoms with Crippen molar-refractivity contribution in [3.8, 4) is 0 Å². The highest BCUT2D eigenvalue weighted by Crippen LogP contribution is 2.27. The first kappa shape index (κ1) is 20.6. The molecule has 2 aromatic rings. The lowest BCUT2D eigenvalue weighted by molar-refractivity contribution is -0.126. The van der Waals surface area contributed by atoms with Gasteiger partial charge in [0.1, 0.15) is 0 Å². The van der Waals surface area contributed by atoms with E-state index in [1.54, 1.807) is 21.9 Å². The minimum Gasteiger partial charge on any atom is -0.368 e. The third-order valence-corrected chi connectivity index (χ3v) is 7.64. The van der Waals surface area contributed by atoms with Gasteiger partial charge in [0.15, 0.2) is 9.84 Å². The number of benzene rings is 2. The average Bonchev–Trinajstić information content (AvgIpc) is 3.07. The highest BCUT2D eigenvalue weighted by Gasteiger charge is 2.38. The number of fused-ring (bicyclic) bond motifs is 1. The zero-order chi connectivity index (χ0) is 21.3. The van der Waals surface area contributed by atoms with E-state index in [-0.39, 0.29) is 24.0 Å². The molecule has 2 aliphatic rings. The van der Waals surface area contributed by atoms with Crippen molar-refractivity contribution in [3.05, 3.63) is 65.7 Å². The van der Waals surface area contributed by atoms with Crippen LogP contribution in [-0.4, -0.2) is 55.3 Å². The molecular weight excluding hydrogens is 402 g/mol. The van der Waals surface area contributed by atoms with Crippen LogP contribution in [0.1, 0.15) is 17.5 Å². The molecule has 2 aromatic carbocycles. The molecule has 8 heteroatoms. The van der Waals surface area contributed by atoms with Crippen molar-refractivity contribution < 1.29 is 18.0 Å². The van der Waals surface area contributed by atoms with Gasteiger partial charge in [0.25, 0.3) is 0 Å². The normalized spacial score (nSPS) is 22.9. The van der Waals surface area contributed by atoms with Crippen molar-refractivity contribution in [2.75, 3.05) is 23.0 Å². The molecule has 2 amide bonds. The van der Waals surface area contributed by atoms with Crippen molar-refractivity contribution in [3.63, 3.8) is 0 Å². The number of sulfone groups is 1. The van der Waals surface area contributed by atoms with E-state index in [2.05, 4.69) is 0 Å². The fraction of sp³-hybridized carbons (Fsp3) is 0.364. The van der Waals surface area contributed by atoms with Gasteiger partial charge < -0.3 is 10.6 Å². The lowest BCUT2D eigenvalue weighted by atomic mass is 9.93. The Hall–Kier alpha value is -2.71. The molecule has 2 heterocycles. The molecule has 0 unspecified atom stereocenters. The smallest absolute Gasteiger partial charge is 0.241 e. The van der Waals surface area contributed by atoms with E-state index in [0.29, 0.717) is 25.1 Å². The second kappa shape index (κ2) is 8.20. The summed E-state index contributed by atoms with van der Waals surface area (Å²) in [5.74, 6) is -0.661. The predicted octanol–water partition coefficient (Wildman–Crippen LogP) is 1.12. The maximum Gasteiger partial charge on any atom is 0.241 e. The SMILES string of the molecule is NC(=O)[C@@H]1Cc2ccccc2CN1CC(=O)N(c1ccccc1)[C@H]1CCS(=O)(=O)C1.